The van der Waals surface area contributed by atoms with Crippen molar-refractivity contribution in [2.75, 3.05) is 20.1 Å². The summed E-state index contributed by atoms with van der Waals surface area (Å²) in [6.45, 7) is 2.13. The lowest BCUT2D eigenvalue weighted by atomic mass is 9.84. The van der Waals surface area contributed by atoms with E-state index < -0.39 is 11.6 Å². The van der Waals surface area contributed by atoms with Crippen molar-refractivity contribution in [2.24, 2.45) is 5.92 Å². The van der Waals surface area contributed by atoms with Gasteiger partial charge in [-0.3, -0.25) is 14.7 Å². The van der Waals surface area contributed by atoms with Crippen molar-refractivity contribution in [3.63, 3.8) is 0 Å². The fraction of sp³-hybridized carbons (Fsp3) is 0.310. The maximum Gasteiger partial charge on any atom is 0.246 e. The molecule has 3 aromatic rings. The molecule has 1 unspecified atom stereocenters. The lowest BCUT2D eigenvalue weighted by molar-refractivity contribution is -0.127. The highest BCUT2D eigenvalue weighted by Gasteiger charge is 2.30. The van der Waals surface area contributed by atoms with Crippen LogP contribution in [0.4, 0.5) is 8.78 Å². The molecule has 4 rings (SSSR count). The number of amides is 1. The third-order valence-corrected chi connectivity index (χ3v) is 6.77. The van der Waals surface area contributed by atoms with E-state index in [1.807, 2.05) is 23.2 Å². The van der Waals surface area contributed by atoms with E-state index in [-0.39, 0.29) is 11.5 Å². The molecule has 1 fully saturated rings. The number of hydrogen-bond acceptors (Lipinski definition) is 3. The van der Waals surface area contributed by atoms with E-state index in [9.17, 15) is 13.6 Å². The van der Waals surface area contributed by atoms with Crippen LogP contribution in [0.25, 0.3) is 6.08 Å². The van der Waals surface area contributed by atoms with E-state index in [0.717, 1.165) is 31.9 Å². The van der Waals surface area contributed by atoms with Gasteiger partial charge in [-0.2, -0.15) is 0 Å². The van der Waals surface area contributed by atoms with E-state index in [0.29, 0.717) is 25.0 Å². The van der Waals surface area contributed by atoms with Gasteiger partial charge in [-0.1, -0.05) is 36.4 Å². The Morgan fingerprint density at radius 2 is 1.83 bits per heavy atom. The van der Waals surface area contributed by atoms with Crippen LogP contribution in [0.5, 0.6) is 0 Å². The molecule has 1 aliphatic heterocycles. The average molecular weight is 476 g/mol. The Morgan fingerprint density at radius 1 is 1.09 bits per heavy atom. The van der Waals surface area contributed by atoms with Crippen molar-refractivity contribution in [2.45, 2.75) is 31.8 Å². The number of nitrogens with zero attached hydrogens (tertiary/aromatic N) is 3. The van der Waals surface area contributed by atoms with Crippen LogP contribution >= 0.6 is 0 Å². The van der Waals surface area contributed by atoms with Gasteiger partial charge in [0.2, 0.25) is 5.91 Å². The minimum atomic E-state index is -0.673. The lowest BCUT2D eigenvalue weighted by Crippen LogP contribution is -2.46. The molecule has 35 heavy (non-hydrogen) atoms. The third kappa shape index (κ3) is 6.83. The molecule has 0 radical (unpaired) electrons. The molecular formula is C29H31F2N3O. The number of aromatic nitrogens is 1. The number of benzene rings is 2. The topological polar surface area (TPSA) is 36.4 Å². The van der Waals surface area contributed by atoms with Gasteiger partial charge >= 0.3 is 0 Å². The molecule has 0 aliphatic carbocycles. The van der Waals surface area contributed by atoms with Gasteiger partial charge in [-0.25, -0.2) is 8.78 Å². The number of carbonyl (C=O) groups is 1. The van der Waals surface area contributed by atoms with Crippen LogP contribution in [0, 0.1) is 17.6 Å². The summed E-state index contributed by atoms with van der Waals surface area (Å²) in [5.74, 6) is -1.00. The van der Waals surface area contributed by atoms with Crippen LogP contribution < -0.4 is 0 Å². The molecule has 1 aliphatic rings. The van der Waals surface area contributed by atoms with Crippen LogP contribution in [0.3, 0.4) is 0 Å². The number of pyridine rings is 1. The molecule has 0 N–H and O–H groups in total. The molecule has 2 aromatic carbocycles. The highest BCUT2D eigenvalue weighted by molar-refractivity contribution is 5.91. The first kappa shape index (κ1) is 24.7. The van der Waals surface area contributed by atoms with Gasteiger partial charge in [0.05, 0.1) is 0 Å². The van der Waals surface area contributed by atoms with Gasteiger partial charge in [0.1, 0.15) is 11.6 Å². The molecule has 1 amide bonds. The first-order valence-corrected chi connectivity index (χ1v) is 12.0. The smallest absolute Gasteiger partial charge is 0.246 e. The van der Waals surface area contributed by atoms with E-state index in [4.69, 9.17) is 0 Å². The zero-order valence-electron chi connectivity index (χ0n) is 20.0. The number of likely N-dealkylation sites (tertiary alicyclic amines) is 1. The van der Waals surface area contributed by atoms with Gasteiger partial charge in [0.25, 0.3) is 0 Å². The molecule has 1 aromatic heterocycles. The Morgan fingerprint density at radius 3 is 2.51 bits per heavy atom. The van der Waals surface area contributed by atoms with Gasteiger partial charge in [-0.05, 0) is 67.6 Å². The first-order valence-electron chi connectivity index (χ1n) is 12.0. The average Bonchev–Trinajstić information content (AvgIpc) is 2.88. The van der Waals surface area contributed by atoms with E-state index in [1.165, 1.54) is 35.4 Å². The maximum atomic E-state index is 13.9. The zero-order valence-corrected chi connectivity index (χ0v) is 20.0. The van der Waals surface area contributed by atoms with Crippen molar-refractivity contribution in [1.29, 1.82) is 0 Å². The Labute approximate surface area is 205 Å². The van der Waals surface area contributed by atoms with Crippen molar-refractivity contribution < 1.29 is 13.6 Å². The molecule has 2 heterocycles. The van der Waals surface area contributed by atoms with E-state index in [1.54, 1.807) is 6.20 Å². The molecule has 1 atom stereocenters. The summed E-state index contributed by atoms with van der Waals surface area (Å²) < 4.78 is 27.0. The molecule has 0 spiro atoms. The number of hydrogen-bond donors (Lipinski definition) is 0. The summed E-state index contributed by atoms with van der Waals surface area (Å²) in [7, 11) is 2.16. The minimum absolute atomic E-state index is 0.143. The fourth-order valence-electron chi connectivity index (χ4n) is 4.84. The Bertz CT molecular complexity index is 1130. The zero-order chi connectivity index (χ0) is 24.6. The second-order valence-corrected chi connectivity index (χ2v) is 9.20. The third-order valence-electron chi connectivity index (χ3n) is 6.77. The van der Waals surface area contributed by atoms with Gasteiger partial charge in [0.15, 0.2) is 0 Å². The maximum absolute atomic E-state index is 13.9. The van der Waals surface area contributed by atoms with Gasteiger partial charge in [-0.15, -0.1) is 0 Å². The molecule has 182 valence electrons. The van der Waals surface area contributed by atoms with Gasteiger partial charge in [0, 0.05) is 55.8 Å². The molecule has 0 saturated carbocycles. The minimum Gasteiger partial charge on any atom is -0.339 e. The van der Waals surface area contributed by atoms with Crippen molar-refractivity contribution >= 4 is 12.0 Å². The molecular weight excluding hydrogens is 444 g/mol. The molecule has 0 bridgehead atoms. The summed E-state index contributed by atoms with van der Waals surface area (Å²) in [5, 5.41) is 0. The highest BCUT2D eigenvalue weighted by Crippen LogP contribution is 2.27. The second-order valence-electron chi connectivity index (χ2n) is 9.20. The van der Waals surface area contributed by atoms with E-state index in [2.05, 4.69) is 47.3 Å². The number of rotatable bonds is 8. The number of halogens is 2. The summed E-state index contributed by atoms with van der Waals surface area (Å²) in [4.78, 5) is 21.2. The Kier molecular flexibility index (Phi) is 8.37. The summed E-state index contributed by atoms with van der Waals surface area (Å²) in [6, 6.07) is 18.3. The SMILES string of the molecule is CN(Cc1cccnc1)C(Cc1ccccc1)C1CCN(C(=O)/C=C/c2ccc(F)cc2F)CC1. The molecule has 1 saturated heterocycles. The van der Waals surface area contributed by atoms with Crippen LogP contribution in [0.1, 0.15) is 29.5 Å². The first-order chi connectivity index (χ1) is 17.0. The second kappa shape index (κ2) is 11.8. The monoisotopic (exact) mass is 475 g/mol. The molecule has 6 heteroatoms. The Hall–Kier alpha value is -3.38. The summed E-state index contributed by atoms with van der Waals surface area (Å²) in [5.41, 5.74) is 2.69. The van der Waals surface area contributed by atoms with Gasteiger partial charge < -0.3 is 4.90 Å². The summed E-state index contributed by atoms with van der Waals surface area (Å²) in [6.07, 6.45) is 9.25. The highest BCUT2D eigenvalue weighted by atomic mass is 19.1. The van der Waals surface area contributed by atoms with Crippen LogP contribution in [0.2, 0.25) is 0 Å². The quantitative estimate of drug-likeness (QED) is 0.412. The number of likely N-dealkylation sites (N-methyl/N-ethyl adjacent to an activating group) is 1. The number of piperidine rings is 1. The van der Waals surface area contributed by atoms with E-state index >= 15 is 0 Å². The normalized spacial score (nSPS) is 15.6. The van der Waals surface area contributed by atoms with Crippen molar-refractivity contribution in [3.05, 3.63) is 107 Å². The largest absolute Gasteiger partial charge is 0.339 e. The number of carbonyl (C=O) groups excluding carboxylic acids is 1. The Balaban J connectivity index is 1.40. The predicted octanol–water partition coefficient (Wildman–Crippen LogP) is 5.35. The lowest BCUT2D eigenvalue weighted by Gasteiger charge is -2.40. The molecule has 4 nitrogen and oxygen atoms in total. The van der Waals surface area contributed by atoms with Crippen molar-refractivity contribution in [3.8, 4) is 0 Å². The van der Waals surface area contributed by atoms with Crippen LogP contribution in [-0.4, -0.2) is 46.9 Å². The fourth-order valence-corrected chi connectivity index (χ4v) is 4.84. The predicted molar refractivity (Wildman–Crippen MR) is 134 cm³/mol. The van der Waals surface area contributed by atoms with Crippen LogP contribution in [0.15, 0.2) is 79.1 Å². The standard InChI is InChI=1S/C29H31F2N3O/c1-33(21-23-8-5-15-32-20-23)28(18-22-6-3-2-4-7-22)25-13-16-34(17-14-25)29(35)12-10-24-9-11-26(30)19-27(24)31/h2-12,15,19-20,25,28H,13-14,16-18,21H2,1H3/b12-10+. The van der Waals surface area contributed by atoms with Crippen LogP contribution in [-0.2, 0) is 17.8 Å². The summed E-state index contributed by atoms with van der Waals surface area (Å²) >= 11 is 0. The van der Waals surface area contributed by atoms with Crippen molar-refractivity contribution in [1.82, 2.24) is 14.8 Å².